The number of hydrogen-bond donors (Lipinski definition) is 2. The van der Waals surface area contributed by atoms with Gasteiger partial charge in [0.15, 0.2) is 0 Å². The van der Waals surface area contributed by atoms with E-state index in [9.17, 15) is 10.2 Å². The van der Waals surface area contributed by atoms with E-state index in [-0.39, 0.29) is 12.5 Å². The second-order valence-corrected chi connectivity index (χ2v) is 10.6. The molecule has 4 rings (SSSR count). The number of rotatable bonds is 4. The fourth-order valence-electron chi connectivity index (χ4n) is 4.75. The van der Waals surface area contributed by atoms with Crippen LogP contribution in [-0.2, 0) is 6.54 Å². The minimum Gasteiger partial charge on any atom is -0.396 e. The van der Waals surface area contributed by atoms with Crippen LogP contribution in [0.2, 0.25) is 0 Å². The van der Waals surface area contributed by atoms with Crippen LogP contribution >= 0.6 is 11.3 Å². The van der Waals surface area contributed by atoms with Crippen molar-refractivity contribution in [1.82, 2.24) is 14.9 Å². The van der Waals surface area contributed by atoms with Crippen LogP contribution in [0, 0.1) is 18.3 Å². The number of nitrogens with zero attached hydrogens (tertiary/aromatic N) is 3. The molecule has 6 heteroatoms. The summed E-state index contributed by atoms with van der Waals surface area (Å²) in [5, 5.41) is 20.8. The van der Waals surface area contributed by atoms with E-state index in [1.165, 1.54) is 35.9 Å². The zero-order valence-corrected chi connectivity index (χ0v) is 18.1. The monoisotopic (exact) mass is 403 g/mol. The van der Waals surface area contributed by atoms with Gasteiger partial charge in [0.25, 0.3) is 0 Å². The maximum Gasteiger partial charge on any atom is 0.127 e. The SMILES string of the molecule is Cc1nc(CN2CCC(O)C(CO)C2)c2cc(C3CCC(C)(C)CC3)sc2n1. The second-order valence-electron chi connectivity index (χ2n) is 9.56. The van der Waals surface area contributed by atoms with Crippen molar-refractivity contribution in [2.75, 3.05) is 19.7 Å². The minimum atomic E-state index is -0.392. The molecule has 5 nitrogen and oxygen atoms in total. The molecule has 1 saturated carbocycles. The summed E-state index contributed by atoms with van der Waals surface area (Å²) in [4.78, 5) is 14.4. The second kappa shape index (κ2) is 7.98. The van der Waals surface area contributed by atoms with Crippen molar-refractivity contribution >= 4 is 21.6 Å². The number of aryl methyl sites for hydroxylation is 1. The van der Waals surface area contributed by atoms with Gasteiger partial charge in [-0.15, -0.1) is 11.3 Å². The Balaban J connectivity index is 1.56. The van der Waals surface area contributed by atoms with Gasteiger partial charge in [-0.2, -0.15) is 0 Å². The third-order valence-electron chi connectivity index (χ3n) is 6.73. The molecule has 2 unspecified atom stereocenters. The molecule has 1 aliphatic carbocycles. The van der Waals surface area contributed by atoms with E-state index in [0.29, 0.717) is 17.8 Å². The number of aliphatic hydroxyl groups is 2. The van der Waals surface area contributed by atoms with Crippen LogP contribution in [-0.4, -0.2) is 50.9 Å². The van der Waals surface area contributed by atoms with Crippen molar-refractivity contribution in [2.45, 2.75) is 71.4 Å². The van der Waals surface area contributed by atoms with E-state index in [2.05, 4.69) is 24.8 Å². The Bertz CT molecular complexity index is 825. The first-order valence-electron chi connectivity index (χ1n) is 10.6. The maximum atomic E-state index is 10.0. The first-order valence-corrected chi connectivity index (χ1v) is 11.4. The van der Waals surface area contributed by atoms with E-state index >= 15 is 0 Å². The lowest BCUT2D eigenvalue weighted by Crippen LogP contribution is -2.44. The van der Waals surface area contributed by atoms with Crippen LogP contribution in [0.25, 0.3) is 10.2 Å². The van der Waals surface area contributed by atoms with E-state index in [1.54, 1.807) is 0 Å². The number of likely N-dealkylation sites (tertiary alicyclic amines) is 1. The minimum absolute atomic E-state index is 0.0382. The molecule has 2 N–H and O–H groups in total. The van der Waals surface area contributed by atoms with Crippen molar-refractivity contribution in [3.05, 3.63) is 22.5 Å². The predicted molar refractivity (Wildman–Crippen MR) is 114 cm³/mol. The van der Waals surface area contributed by atoms with Crippen LogP contribution in [0.5, 0.6) is 0 Å². The molecular weight excluding hydrogens is 370 g/mol. The molecule has 0 spiro atoms. The number of fused-ring (bicyclic) bond motifs is 1. The molecule has 1 aliphatic heterocycles. The Hall–Kier alpha value is -1.08. The summed E-state index contributed by atoms with van der Waals surface area (Å²) in [6.45, 7) is 9.11. The van der Waals surface area contributed by atoms with E-state index < -0.39 is 6.10 Å². The average molecular weight is 404 g/mol. The van der Waals surface area contributed by atoms with E-state index in [0.717, 1.165) is 36.0 Å². The molecule has 0 radical (unpaired) electrons. The summed E-state index contributed by atoms with van der Waals surface area (Å²) < 4.78 is 0. The highest BCUT2D eigenvalue weighted by atomic mass is 32.1. The molecule has 2 aromatic rings. The van der Waals surface area contributed by atoms with Crippen molar-refractivity contribution < 1.29 is 10.2 Å². The zero-order valence-electron chi connectivity index (χ0n) is 17.3. The van der Waals surface area contributed by atoms with Gasteiger partial charge in [0.05, 0.1) is 11.8 Å². The zero-order chi connectivity index (χ0) is 19.9. The lowest BCUT2D eigenvalue weighted by atomic mass is 9.73. The fourth-order valence-corrected chi connectivity index (χ4v) is 6.02. The molecule has 154 valence electrons. The largest absolute Gasteiger partial charge is 0.396 e. The molecule has 3 heterocycles. The standard InChI is InChI=1S/C22H33N3O2S/c1-14-23-18(12-25-9-6-19(27)16(11-25)13-26)17-10-20(28-21(17)24-14)15-4-7-22(2,3)8-5-15/h10,15-16,19,26-27H,4-9,11-13H2,1-3H3. The highest BCUT2D eigenvalue weighted by Gasteiger charge is 2.30. The van der Waals surface area contributed by atoms with Gasteiger partial charge in [-0.3, -0.25) is 4.90 Å². The van der Waals surface area contributed by atoms with Crippen LogP contribution in [0.4, 0.5) is 0 Å². The summed E-state index contributed by atoms with van der Waals surface area (Å²) >= 11 is 1.85. The Kier molecular flexibility index (Phi) is 5.76. The molecular formula is C22H33N3O2S. The highest BCUT2D eigenvalue weighted by Crippen LogP contribution is 2.45. The lowest BCUT2D eigenvalue weighted by molar-refractivity contribution is -0.00224. The van der Waals surface area contributed by atoms with Gasteiger partial charge < -0.3 is 10.2 Å². The summed E-state index contributed by atoms with van der Waals surface area (Å²) in [7, 11) is 0. The number of aromatic nitrogens is 2. The van der Waals surface area contributed by atoms with Gasteiger partial charge in [0.1, 0.15) is 10.7 Å². The van der Waals surface area contributed by atoms with Crippen LogP contribution in [0.1, 0.15) is 68.3 Å². The lowest BCUT2D eigenvalue weighted by Gasteiger charge is -2.35. The molecule has 0 aromatic carbocycles. The smallest absolute Gasteiger partial charge is 0.127 e. The van der Waals surface area contributed by atoms with Gasteiger partial charge in [0.2, 0.25) is 0 Å². The van der Waals surface area contributed by atoms with Crippen LogP contribution < -0.4 is 0 Å². The molecule has 2 aliphatic rings. The fraction of sp³-hybridized carbons (Fsp3) is 0.727. The van der Waals surface area contributed by atoms with Crippen molar-refractivity contribution in [3.8, 4) is 0 Å². The molecule has 2 atom stereocenters. The first kappa shape index (κ1) is 20.2. The normalized spacial score (nSPS) is 26.8. The van der Waals surface area contributed by atoms with E-state index in [4.69, 9.17) is 9.97 Å². The Morgan fingerprint density at radius 2 is 1.96 bits per heavy atom. The van der Waals surface area contributed by atoms with Crippen molar-refractivity contribution in [3.63, 3.8) is 0 Å². The average Bonchev–Trinajstić information content (AvgIpc) is 3.07. The molecule has 28 heavy (non-hydrogen) atoms. The van der Waals surface area contributed by atoms with Gasteiger partial charge in [-0.1, -0.05) is 13.8 Å². The van der Waals surface area contributed by atoms with Gasteiger partial charge in [0, 0.05) is 42.4 Å². The van der Waals surface area contributed by atoms with E-state index in [1.807, 2.05) is 18.3 Å². The highest BCUT2D eigenvalue weighted by molar-refractivity contribution is 7.18. The Morgan fingerprint density at radius 1 is 1.21 bits per heavy atom. The summed E-state index contributed by atoms with van der Waals surface area (Å²) in [5.74, 6) is 1.43. The first-order chi connectivity index (χ1) is 13.3. The van der Waals surface area contributed by atoms with Gasteiger partial charge in [-0.25, -0.2) is 9.97 Å². The number of thiophene rings is 1. The summed E-state index contributed by atoms with van der Waals surface area (Å²) in [6.07, 6.45) is 5.44. The summed E-state index contributed by atoms with van der Waals surface area (Å²) in [5.41, 5.74) is 1.57. The topological polar surface area (TPSA) is 69.5 Å². The predicted octanol–water partition coefficient (Wildman–Crippen LogP) is 3.86. The molecule has 2 fully saturated rings. The van der Waals surface area contributed by atoms with Crippen LogP contribution in [0.3, 0.4) is 0 Å². The summed E-state index contributed by atoms with van der Waals surface area (Å²) in [6, 6.07) is 2.35. The van der Waals surface area contributed by atoms with Gasteiger partial charge in [-0.05, 0) is 56.4 Å². The van der Waals surface area contributed by atoms with Gasteiger partial charge >= 0.3 is 0 Å². The number of aliphatic hydroxyl groups excluding tert-OH is 2. The van der Waals surface area contributed by atoms with Crippen molar-refractivity contribution in [2.24, 2.45) is 11.3 Å². The Labute approximate surface area is 171 Å². The maximum absolute atomic E-state index is 10.0. The third kappa shape index (κ3) is 4.25. The third-order valence-corrected chi connectivity index (χ3v) is 7.92. The quantitative estimate of drug-likeness (QED) is 0.811. The van der Waals surface area contributed by atoms with Crippen molar-refractivity contribution in [1.29, 1.82) is 0 Å². The number of piperidine rings is 1. The molecule has 1 saturated heterocycles. The Morgan fingerprint density at radius 3 is 2.68 bits per heavy atom. The van der Waals surface area contributed by atoms with Crippen LogP contribution in [0.15, 0.2) is 6.07 Å². The number of hydrogen-bond acceptors (Lipinski definition) is 6. The molecule has 0 amide bonds. The molecule has 0 bridgehead atoms. The molecule has 2 aromatic heterocycles.